The third-order valence-electron chi connectivity index (χ3n) is 6.61. The molecule has 0 bridgehead atoms. The van der Waals surface area contributed by atoms with Gasteiger partial charge in [0.25, 0.3) is 0 Å². The maximum atomic E-state index is 11.6. The van der Waals surface area contributed by atoms with Crippen molar-refractivity contribution in [3.05, 3.63) is 48.5 Å². The normalized spacial score (nSPS) is 16.5. The van der Waals surface area contributed by atoms with Crippen LogP contribution in [-0.2, 0) is 4.79 Å². The summed E-state index contributed by atoms with van der Waals surface area (Å²) in [6.07, 6.45) is 0.592. The van der Waals surface area contributed by atoms with Gasteiger partial charge < -0.3 is 29.1 Å². The molecule has 2 aliphatic rings. The highest BCUT2D eigenvalue weighted by Gasteiger charge is 2.21. The molecule has 0 radical (unpaired) electrons. The Morgan fingerprint density at radius 1 is 0.706 bits per heavy atom. The summed E-state index contributed by atoms with van der Waals surface area (Å²) in [5, 5.41) is 0. The number of anilines is 2. The molecular formula is C27H40N4O3. The highest BCUT2D eigenvalue weighted by atomic mass is 16.5. The van der Waals surface area contributed by atoms with E-state index in [1.165, 1.54) is 5.69 Å². The van der Waals surface area contributed by atoms with Crippen LogP contribution in [-0.4, -0.2) is 88.8 Å². The van der Waals surface area contributed by atoms with Gasteiger partial charge in [-0.2, -0.15) is 0 Å². The predicted octanol–water partition coefficient (Wildman–Crippen LogP) is 3.59. The van der Waals surface area contributed by atoms with Crippen molar-refractivity contribution in [2.45, 2.75) is 20.3 Å². The van der Waals surface area contributed by atoms with E-state index in [0.717, 1.165) is 76.1 Å². The smallest absolute Gasteiger partial charge is 0.222 e. The number of carbonyl (C=O) groups excluding carboxylic acids is 1. The number of hydrogen-bond donors (Lipinski definition) is 0. The Morgan fingerprint density at radius 2 is 1.15 bits per heavy atom. The molecule has 1 amide bonds. The molecule has 2 heterocycles. The van der Waals surface area contributed by atoms with Crippen LogP contribution in [0.5, 0.6) is 11.5 Å². The number of likely N-dealkylation sites (N-methyl/N-ethyl adjacent to an activating group) is 1. The fraction of sp³-hybridized carbons (Fsp3) is 0.519. The maximum Gasteiger partial charge on any atom is 0.222 e. The zero-order valence-corrected chi connectivity index (χ0v) is 21.2. The number of ether oxygens (including phenoxy) is 2. The molecule has 4 rings (SSSR count). The van der Waals surface area contributed by atoms with E-state index in [4.69, 9.17) is 9.47 Å². The zero-order chi connectivity index (χ0) is 24.3. The molecule has 0 aliphatic carbocycles. The first-order chi connectivity index (χ1) is 16.6. The Morgan fingerprint density at radius 3 is 1.56 bits per heavy atom. The number of methoxy groups -OCH3 is 2. The van der Waals surface area contributed by atoms with Crippen molar-refractivity contribution in [1.29, 1.82) is 0 Å². The lowest BCUT2D eigenvalue weighted by Crippen LogP contribution is -2.48. The van der Waals surface area contributed by atoms with Gasteiger partial charge in [0.1, 0.15) is 11.5 Å². The minimum atomic E-state index is 0.245. The third-order valence-corrected chi connectivity index (χ3v) is 6.61. The van der Waals surface area contributed by atoms with E-state index in [1.807, 2.05) is 42.2 Å². The van der Waals surface area contributed by atoms with Crippen molar-refractivity contribution in [1.82, 2.24) is 9.80 Å². The first kappa shape index (κ1) is 25.7. The van der Waals surface area contributed by atoms with Crippen LogP contribution in [0.2, 0.25) is 0 Å². The molecule has 0 N–H and O–H groups in total. The predicted molar refractivity (Wildman–Crippen MR) is 139 cm³/mol. The standard InChI is InChI=1S/C14H20N2O2.C13H20N2O/c1-3-14(17)16-10-8-15(9-11-16)12-6-4-5-7-13(12)18-2;1-3-14-8-10-15(11-9-14)12-6-4-5-7-13(12)16-2/h4-7H,3,8-11H2,1-2H3;4-7H,3,8-11H2,1-2H3. The minimum absolute atomic E-state index is 0.245. The quantitative estimate of drug-likeness (QED) is 0.646. The van der Waals surface area contributed by atoms with Crippen LogP contribution in [0.4, 0.5) is 11.4 Å². The number of benzene rings is 2. The minimum Gasteiger partial charge on any atom is -0.495 e. The Hall–Kier alpha value is -2.93. The van der Waals surface area contributed by atoms with E-state index in [2.05, 4.69) is 39.8 Å². The first-order valence-corrected chi connectivity index (χ1v) is 12.4. The van der Waals surface area contributed by atoms with Gasteiger partial charge in [-0.05, 0) is 30.8 Å². The van der Waals surface area contributed by atoms with E-state index in [0.29, 0.717) is 6.42 Å². The highest BCUT2D eigenvalue weighted by Crippen LogP contribution is 2.29. The molecule has 34 heavy (non-hydrogen) atoms. The van der Waals surface area contributed by atoms with E-state index >= 15 is 0 Å². The number of carbonyl (C=O) groups is 1. The zero-order valence-electron chi connectivity index (χ0n) is 21.2. The molecule has 7 nitrogen and oxygen atoms in total. The summed E-state index contributed by atoms with van der Waals surface area (Å²) in [5.41, 5.74) is 2.34. The summed E-state index contributed by atoms with van der Waals surface area (Å²) in [7, 11) is 3.43. The molecule has 2 saturated heterocycles. The molecule has 186 valence electrons. The Kier molecular flexibility index (Phi) is 9.89. The third kappa shape index (κ3) is 6.56. The van der Waals surface area contributed by atoms with E-state index in [1.54, 1.807) is 14.2 Å². The first-order valence-electron chi connectivity index (χ1n) is 12.4. The Labute approximate surface area is 204 Å². The van der Waals surface area contributed by atoms with Crippen LogP contribution in [0.25, 0.3) is 0 Å². The molecule has 0 unspecified atom stereocenters. The van der Waals surface area contributed by atoms with Gasteiger partial charge in [-0.25, -0.2) is 0 Å². The van der Waals surface area contributed by atoms with Crippen LogP contribution in [0.15, 0.2) is 48.5 Å². The lowest BCUT2D eigenvalue weighted by molar-refractivity contribution is -0.131. The average molecular weight is 469 g/mol. The number of rotatable bonds is 6. The van der Waals surface area contributed by atoms with Gasteiger partial charge in [-0.1, -0.05) is 38.1 Å². The Balaban J connectivity index is 0.000000192. The number of hydrogen-bond acceptors (Lipinski definition) is 6. The van der Waals surface area contributed by atoms with Gasteiger partial charge in [-0.15, -0.1) is 0 Å². The molecule has 2 aliphatic heterocycles. The monoisotopic (exact) mass is 468 g/mol. The molecule has 0 saturated carbocycles. The second kappa shape index (κ2) is 13.1. The molecular weight excluding hydrogens is 428 g/mol. The van der Waals surface area contributed by atoms with E-state index < -0.39 is 0 Å². The van der Waals surface area contributed by atoms with Gasteiger partial charge in [-0.3, -0.25) is 4.79 Å². The number of nitrogens with zero attached hydrogens (tertiary/aromatic N) is 4. The summed E-state index contributed by atoms with van der Waals surface area (Å²) in [4.78, 5) is 20.7. The largest absolute Gasteiger partial charge is 0.495 e. The lowest BCUT2D eigenvalue weighted by atomic mass is 10.2. The Bertz CT molecular complexity index is 891. The van der Waals surface area contributed by atoms with Gasteiger partial charge in [0.15, 0.2) is 0 Å². The van der Waals surface area contributed by atoms with Crippen molar-refractivity contribution < 1.29 is 14.3 Å². The highest BCUT2D eigenvalue weighted by molar-refractivity contribution is 5.76. The summed E-state index contributed by atoms with van der Waals surface area (Å²) in [6.45, 7) is 13.1. The summed E-state index contributed by atoms with van der Waals surface area (Å²) in [6, 6.07) is 16.3. The van der Waals surface area contributed by atoms with E-state index in [-0.39, 0.29) is 5.91 Å². The summed E-state index contributed by atoms with van der Waals surface area (Å²) >= 11 is 0. The molecule has 0 aromatic heterocycles. The van der Waals surface area contributed by atoms with E-state index in [9.17, 15) is 4.79 Å². The van der Waals surface area contributed by atoms with Crippen LogP contribution in [0, 0.1) is 0 Å². The van der Waals surface area contributed by atoms with Crippen LogP contribution < -0.4 is 19.3 Å². The van der Waals surface area contributed by atoms with Crippen molar-refractivity contribution in [3.8, 4) is 11.5 Å². The van der Waals surface area contributed by atoms with Crippen LogP contribution in [0.1, 0.15) is 20.3 Å². The van der Waals surface area contributed by atoms with Gasteiger partial charge in [0.05, 0.1) is 25.6 Å². The summed E-state index contributed by atoms with van der Waals surface area (Å²) < 4.78 is 10.8. The second-order valence-electron chi connectivity index (χ2n) is 8.49. The molecule has 7 heteroatoms. The second-order valence-corrected chi connectivity index (χ2v) is 8.49. The van der Waals surface area contributed by atoms with Crippen molar-refractivity contribution >= 4 is 17.3 Å². The fourth-order valence-electron chi connectivity index (χ4n) is 4.51. The van der Waals surface area contributed by atoms with Crippen molar-refractivity contribution in [2.24, 2.45) is 0 Å². The molecule has 2 aromatic rings. The summed E-state index contributed by atoms with van der Waals surface area (Å²) in [5.74, 6) is 2.12. The van der Waals surface area contributed by atoms with Crippen molar-refractivity contribution in [3.63, 3.8) is 0 Å². The van der Waals surface area contributed by atoms with Crippen LogP contribution >= 0.6 is 0 Å². The van der Waals surface area contributed by atoms with Crippen molar-refractivity contribution in [2.75, 3.05) is 82.9 Å². The maximum absolute atomic E-state index is 11.6. The number of para-hydroxylation sites is 4. The van der Waals surface area contributed by atoms with Crippen LogP contribution in [0.3, 0.4) is 0 Å². The average Bonchev–Trinajstić information content (AvgIpc) is 2.93. The molecule has 0 atom stereocenters. The van der Waals surface area contributed by atoms with Gasteiger partial charge in [0, 0.05) is 58.8 Å². The molecule has 2 fully saturated rings. The molecule has 2 aromatic carbocycles. The van der Waals surface area contributed by atoms with Gasteiger partial charge in [0.2, 0.25) is 5.91 Å². The number of piperazine rings is 2. The molecule has 0 spiro atoms. The topological polar surface area (TPSA) is 48.5 Å². The van der Waals surface area contributed by atoms with Gasteiger partial charge >= 0.3 is 0 Å². The fourth-order valence-corrected chi connectivity index (χ4v) is 4.51. The SMILES string of the molecule is CCC(=O)N1CCN(c2ccccc2OC)CC1.CCN1CCN(c2ccccc2OC)CC1. The lowest BCUT2D eigenvalue weighted by Gasteiger charge is -2.36. The number of amides is 1.